The predicted molar refractivity (Wildman–Crippen MR) is 59.4 cm³/mol. The summed E-state index contributed by atoms with van der Waals surface area (Å²) in [5.74, 6) is 0. The molecule has 1 saturated heterocycles. The molecule has 0 bridgehead atoms. The third-order valence-electron chi connectivity index (χ3n) is 2.63. The van der Waals surface area contributed by atoms with Crippen molar-refractivity contribution < 1.29 is 9.53 Å². The van der Waals surface area contributed by atoms with Crippen LogP contribution >= 0.6 is 0 Å². The van der Waals surface area contributed by atoms with Crippen molar-refractivity contribution in [2.24, 2.45) is 0 Å². The van der Waals surface area contributed by atoms with Crippen LogP contribution in [-0.4, -0.2) is 35.5 Å². The number of anilines is 1. The maximum Gasteiger partial charge on any atom is 0.319 e. The number of amides is 2. The van der Waals surface area contributed by atoms with Crippen LogP contribution < -0.4 is 10.6 Å². The number of nitrogens with one attached hydrogen (secondary N) is 3. The standard InChI is InChI=1S/C10H16N4O2/c1-6-9(7(2)14-13-6)12-10(15)11-8-3-4-16-5-8/h8H,3-5H2,1-2H3,(H,13,14)(H2,11,12,15). The molecule has 6 nitrogen and oxygen atoms in total. The van der Waals surface area contributed by atoms with Gasteiger partial charge in [-0.25, -0.2) is 4.79 Å². The lowest BCUT2D eigenvalue weighted by Gasteiger charge is -2.11. The molecule has 6 heteroatoms. The van der Waals surface area contributed by atoms with Crippen LogP contribution in [0.3, 0.4) is 0 Å². The number of H-pyrrole nitrogens is 1. The first-order valence-corrected chi connectivity index (χ1v) is 5.33. The average molecular weight is 224 g/mol. The molecule has 0 aliphatic carbocycles. The minimum absolute atomic E-state index is 0.118. The Bertz CT molecular complexity index is 363. The van der Waals surface area contributed by atoms with Crippen molar-refractivity contribution in [3.8, 4) is 0 Å². The molecule has 16 heavy (non-hydrogen) atoms. The highest BCUT2D eigenvalue weighted by Crippen LogP contribution is 2.15. The fourth-order valence-electron chi connectivity index (χ4n) is 1.72. The number of hydrogen-bond donors (Lipinski definition) is 3. The number of urea groups is 1. The summed E-state index contributed by atoms with van der Waals surface area (Å²) in [7, 11) is 0. The van der Waals surface area contributed by atoms with E-state index in [-0.39, 0.29) is 12.1 Å². The number of aromatic amines is 1. The second-order valence-electron chi connectivity index (χ2n) is 3.97. The smallest absolute Gasteiger partial charge is 0.319 e. The Hall–Kier alpha value is -1.56. The van der Waals surface area contributed by atoms with E-state index in [4.69, 9.17) is 4.74 Å². The van der Waals surface area contributed by atoms with Gasteiger partial charge in [-0.2, -0.15) is 5.10 Å². The van der Waals surface area contributed by atoms with Crippen molar-refractivity contribution in [2.45, 2.75) is 26.3 Å². The van der Waals surface area contributed by atoms with Crippen LogP contribution in [0.25, 0.3) is 0 Å². The number of rotatable bonds is 2. The Morgan fingerprint density at radius 3 is 2.94 bits per heavy atom. The molecule has 0 radical (unpaired) electrons. The van der Waals surface area contributed by atoms with Gasteiger partial charge in [0.2, 0.25) is 0 Å². The fourth-order valence-corrected chi connectivity index (χ4v) is 1.72. The molecule has 1 aromatic heterocycles. The molecule has 1 aromatic rings. The van der Waals surface area contributed by atoms with Gasteiger partial charge in [0.15, 0.2) is 0 Å². The molecule has 1 aliphatic rings. The Labute approximate surface area is 93.8 Å². The zero-order valence-electron chi connectivity index (χ0n) is 9.46. The zero-order chi connectivity index (χ0) is 11.5. The van der Waals surface area contributed by atoms with Gasteiger partial charge in [-0.15, -0.1) is 0 Å². The molecule has 1 aliphatic heterocycles. The maximum absolute atomic E-state index is 11.7. The Morgan fingerprint density at radius 1 is 1.56 bits per heavy atom. The van der Waals surface area contributed by atoms with E-state index in [1.165, 1.54) is 0 Å². The number of carbonyl (C=O) groups excluding carboxylic acids is 1. The van der Waals surface area contributed by atoms with Gasteiger partial charge in [-0.1, -0.05) is 0 Å². The summed E-state index contributed by atoms with van der Waals surface area (Å²) >= 11 is 0. The topological polar surface area (TPSA) is 79.0 Å². The monoisotopic (exact) mass is 224 g/mol. The summed E-state index contributed by atoms with van der Waals surface area (Å²) in [6.07, 6.45) is 0.872. The number of aromatic nitrogens is 2. The third-order valence-corrected chi connectivity index (χ3v) is 2.63. The molecule has 1 fully saturated rings. The van der Waals surface area contributed by atoms with Crippen molar-refractivity contribution in [1.82, 2.24) is 15.5 Å². The van der Waals surface area contributed by atoms with E-state index in [0.717, 1.165) is 23.5 Å². The second kappa shape index (κ2) is 4.52. The minimum Gasteiger partial charge on any atom is -0.379 e. The van der Waals surface area contributed by atoms with Gasteiger partial charge in [0.25, 0.3) is 0 Å². The first-order valence-electron chi connectivity index (χ1n) is 5.33. The normalized spacial score (nSPS) is 19.8. The predicted octanol–water partition coefficient (Wildman–Crippen LogP) is 0.937. The van der Waals surface area contributed by atoms with Gasteiger partial charge in [0.1, 0.15) is 0 Å². The van der Waals surface area contributed by atoms with E-state index in [2.05, 4.69) is 20.8 Å². The van der Waals surface area contributed by atoms with Gasteiger partial charge < -0.3 is 15.4 Å². The Kier molecular flexibility index (Phi) is 3.09. The third kappa shape index (κ3) is 2.33. The Balaban J connectivity index is 1.91. The van der Waals surface area contributed by atoms with Crippen LogP contribution in [-0.2, 0) is 4.74 Å². The molecule has 0 aromatic carbocycles. The number of ether oxygens (including phenoxy) is 1. The summed E-state index contributed by atoms with van der Waals surface area (Å²) in [6.45, 7) is 5.03. The number of aryl methyl sites for hydroxylation is 2. The summed E-state index contributed by atoms with van der Waals surface area (Å²) in [6, 6.07) is -0.0874. The highest BCUT2D eigenvalue weighted by atomic mass is 16.5. The van der Waals surface area contributed by atoms with E-state index < -0.39 is 0 Å². The molecule has 3 N–H and O–H groups in total. The molecule has 1 unspecified atom stereocenters. The average Bonchev–Trinajstić information content (AvgIpc) is 2.83. The molecule has 0 saturated carbocycles. The van der Waals surface area contributed by atoms with Crippen molar-refractivity contribution in [2.75, 3.05) is 18.5 Å². The van der Waals surface area contributed by atoms with Gasteiger partial charge >= 0.3 is 6.03 Å². The van der Waals surface area contributed by atoms with Crippen LogP contribution in [0.4, 0.5) is 10.5 Å². The highest BCUT2D eigenvalue weighted by Gasteiger charge is 2.18. The number of hydrogen-bond acceptors (Lipinski definition) is 3. The maximum atomic E-state index is 11.7. The van der Waals surface area contributed by atoms with E-state index >= 15 is 0 Å². The van der Waals surface area contributed by atoms with Gasteiger partial charge in [0, 0.05) is 6.61 Å². The van der Waals surface area contributed by atoms with E-state index in [9.17, 15) is 4.79 Å². The van der Waals surface area contributed by atoms with Crippen molar-refractivity contribution in [3.05, 3.63) is 11.4 Å². The van der Waals surface area contributed by atoms with Crippen LogP contribution in [0, 0.1) is 13.8 Å². The summed E-state index contributed by atoms with van der Waals surface area (Å²) in [5, 5.41) is 12.5. The largest absolute Gasteiger partial charge is 0.379 e. The first kappa shape index (κ1) is 10.9. The van der Waals surface area contributed by atoms with Crippen molar-refractivity contribution >= 4 is 11.7 Å². The molecule has 2 amide bonds. The zero-order valence-corrected chi connectivity index (χ0v) is 9.46. The SMILES string of the molecule is Cc1n[nH]c(C)c1NC(=O)NC1CCOC1. The number of carbonyl (C=O) groups is 1. The molecular formula is C10H16N4O2. The fraction of sp³-hybridized carbons (Fsp3) is 0.600. The van der Waals surface area contributed by atoms with Crippen LogP contribution in [0.5, 0.6) is 0 Å². The first-order chi connectivity index (χ1) is 7.66. The van der Waals surface area contributed by atoms with Gasteiger partial charge in [0.05, 0.1) is 29.7 Å². The molecule has 88 valence electrons. The summed E-state index contributed by atoms with van der Waals surface area (Å²) < 4.78 is 5.18. The summed E-state index contributed by atoms with van der Waals surface area (Å²) in [4.78, 5) is 11.7. The molecule has 2 rings (SSSR count). The lowest BCUT2D eigenvalue weighted by molar-refractivity contribution is 0.189. The Morgan fingerprint density at radius 2 is 2.38 bits per heavy atom. The second-order valence-corrected chi connectivity index (χ2v) is 3.97. The van der Waals surface area contributed by atoms with Crippen LogP contribution in [0.15, 0.2) is 0 Å². The van der Waals surface area contributed by atoms with Crippen LogP contribution in [0.1, 0.15) is 17.8 Å². The van der Waals surface area contributed by atoms with Crippen molar-refractivity contribution in [1.29, 1.82) is 0 Å². The molecule has 1 atom stereocenters. The quantitative estimate of drug-likeness (QED) is 0.699. The molecular weight excluding hydrogens is 208 g/mol. The lowest BCUT2D eigenvalue weighted by atomic mass is 10.3. The van der Waals surface area contributed by atoms with Gasteiger partial charge in [-0.05, 0) is 20.3 Å². The van der Waals surface area contributed by atoms with E-state index in [0.29, 0.717) is 13.2 Å². The highest BCUT2D eigenvalue weighted by molar-refractivity contribution is 5.90. The lowest BCUT2D eigenvalue weighted by Crippen LogP contribution is -2.38. The minimum atomic E-state index is -0.205. The summed E-state index contributed by atoms with van der Waals surface area (Å²) in [5.41, 5.74) is 2.39. The van der Waals surface area contributed by atoms with Crippen LogP contribution in [0.2, 0.25) is 0 Å². The van der Waals surface area contributed by atoms with Crippen molar-refractivity contribution in [3.63, 3.8) is 0 Å². The number of nitrogens with zero attached hydrogens (tertiary/aromatic N) is 1. The van der Waals surface area contributed by atoms with Gasteiger partial charge in [-0.3, -0.25) is 5.10 Å². The molecule has 2 heterocycles. The van der Waals surface area contributed by atoms with E-state index in [1.807, 2.05) is 13.8 Å². The molecule has 0 spiro atoms. The van der Waals surface area contributed by atoms with E-state index in [1.54, 1.807) is 0 Å².